The maximum atomic E-state index is 13.2. The second-order valence-electron chi connectivity index (χ2n) is 7.45. The number of rotatable bonds is 10. The third-order valence-corrected chi connectivity index (χ3v) is 5.56. The van der Waals surface area contributed by atoms with Crippen molar-refractivity contribution in [1.82, 2.24) is 10.2 Å². The molecule has 0 unspecified atom stereocenters. The van der Waals surface area contributed by atoms with Crippen LogP contribution in [0.1, 0.15) is 37.8 Å². The van der Waals surface area contributed by atoms with Crippen molar-refractivity contribution in [3.8, 4) is 11.5 Å². The first-order valence-electron chi connectivity index (χ1n) is 10.2. The minimum absolute atomic E-state index is 0.0294. The van der Waals surface area contributed by atoms with Crippen molar-refractivity contribution in [1.29, 1.82) is 0 Å². The first kappa shape index (κ1) is 22.2. The zero-order valence-electron chi connectivity index (χ0n) is 17.4. The van der Waals surface area contributed by atoms with Crippen LogP contribution in [-0.4, -0.2) is 70.1 Å². The third-order valence-electron chi connectivity index (χ3n) is 5.28. The number of nitrogens with one attached hydrogen (secondary N) is 1. The number of benzene rings is 1. The Morgan fingerprint density at radius 3 is 2.76 bits per heavy atom. The van der Waals surface area contributed by atoms with E-state index in [2.05, 4.69) is 5.32 Å². The minimum atomic E-state index is -0.440. The highest BCUT2D eigenvalue weighted by molar-refractivity contribution is 6.32. The lowest BCUT2D eigenvalue weighted by Crippen LogP contribution is -2.50. The molecule has 162 valence electrons. The van der Waals surface area contributed by atoms with Crippen LogP contribution >= 0.6 is 11.6 Å². The molecule has 1 aromatic rings. The van der Waals surface area contributed by atoms with Crippen molar-refractivity contribution < 1.29 is 23.7 Å². The maximum absolute atomic E-state index is 13.2. The molecule has 1 aromatic carbocycles. The van der Waals surface area contributed by atoms with Gasteiger partial charge in [0, 0.05) is 39.3 Å². The monoisotopic (exact) mass is 426 g/mol. The summed E-state index contributed by atoms with van der Waals surface area (Å²) in [5, 5.41) is 3.70. The molecule has 1 aliphatic heterocycles. The molecule has 0 spiro atoms. The smallest absolute Gasteiger partial charge is 0.253 e. The van der Waals surface area contributed by atoms with Crippen molar-refractivity contribution in [3.05, 3.63) is 22.7 Å². The molecule has 0 aromatic heterocycles. The summed E-state index contributed by atoms with van der Waals surface area (Å²) in [7, 11) is 3.23. The standard InChI is InChI=1S/C21H31ClN2O5/c1-14(24(16-5-6-16)21(25)19-13-23-7-10-29-19)15-11-17(22)20(27-3)18(12-15)28-9-4-8-26-2/h11-12,14,16,19,23H,4-10,13H2,1-3H3/t14-,19-/m1/s1. The van der Waals surface area contributed by atoms with Crippen LogP contribution in [0, 0.1) is 0 Å². The van der Waals surface area contributed by atoms with Crippen molar-refractivity contribution in [3.63, 3.8) is 0 Å². The molecule has 2 fully saturated rings. The highest BCUT2D eigenvalue weighted by Gasteiger charge is 2.40. The van der Waals surface area contributed by atoms with Gasteiger partial charge in [-0.1, -0.05) is 11.6 Å². The Kier molecular flexibility index (Phi) is 8.00. The maximum Gasteiger partial charge on any atom is 0.253 e. The number of nitrogens with zero attached hydrogens (tertiary/aromatic N) is 1. The molecule has 0 bridgehead atoms. The second kappa shape index (κ2) is 10.5. The van der Waals surface area contributed by atoms with Gasteiger partial charge in [0.05, 0.1) is 31.4 Å². The number of morpholine rings is 1. The summed E-state index contributed by atoms with van der Waals surface area (Å²) >= 11 is 6.48. The van der Waals surface area contributed by atoms with Gasteiger partial charge in [-0.25, -0.2) is 0 Å². The highest BCUT2D eigenvalue weighted by atomic mass is 35.5. The van der Waals surface area contributed by atoms with Crippen molar-refractivity contribution >= 4 is 17.5 Å². The molecular formula is C21H31ClN2O5. The minimum Gasteiger partial charge on any atom is -0.491 e. The fourth-order valence-electron chi connectivity index (χ4n) is 3.61. The van der Waals surface area contributed by atoms with E-state index in [9.17, 15) is 4.79 Å². The van der Waals surface area contributed by atoms with Crippen LogP contribution in [0.5, 0.6) is 11.5 Å². The lowest BCUT2D eigenvalue weighted by Gasteiger charge is -2.34. The SMILES string of the molecule is COCCCOc1cc([C@@H](C)N(C(=O)[C@H]2CNCCO2)C2CC2)cc(Cl)c1OC. The number of hydrogen-bond acceptors (Lipinski definition) is 6. The van der Waals surface area contributed by atoms with E-state index >= 15 is 0 Å². The number of carbonyl (C=O) groups excluding carboxylic acids is 1. The van der Waals surface area contributed by atoms with Gasteiger partial charge in [-0.2, -0.15) is 0 Å². The molecule has 8 heteroatoms. The molecule has 1 N–H and O–H groups in total. The van der Waals surface area contributed by atoms with Crippen LogP contribution in [0.3, 0.4) is 0 Å². The Morgan fingerprint density at radius 1 is 1.34 bits per heavy atom. The van der Waals surface area contributed by atoms with Crippen LogP contribution in [0.4, 0.5) is 0 Å². The van der Waals surface area contributed by atoms with Gasteiger partial charge in [0.15, 0.2) is 11.5 Å². The number of ether oxygens (including phenoxy) is 4. The zero-order valence-corrected chi connectivity index (χ0v) is 18.2. The molecule has 1 saturated heterocycles. The van der Waals surface area contributed by atoms with Crippen molar-refractivity contribution in [2.24, 2.45) is 0 Å². The van der Waals surface area contributed by atoms with Crippen LogP contribution in [0.15, 0.2) is 12.1 Å². The molecule has 0 radical (unpaired) electrons. The molecule has 1 heterocycles. The van der Waals surface area contributed by atoms with Gasteiger partial charge in [0.1, 0.15) is 6.10 Å². The largest absolute Gasteiger partial charge is 0.491 e. The second-order valence-corrected chi connectivity index (χ2v) is 7.85. The van der Waals surface area contributed by atoms with Gasteiger partial charge in [-0.05, 0) is 37.5 Å². The average Bonchev–Trinajstić information content (AvgIpc) is 3.56. The van der Waals surface area contributed by atoms with E-state index in [0.717, 1.165) is 31.4 Å². The number of halogens is 1. The number of methoxy groups -OCH3 is 2. The predicted molar refractivity (Wildman–Crippen MR) is 111 cm³/mol. The van der Waals surface area contributed by atoms with E-state index in [-0.39, 0.29) is 18.0 Å². The molecule has 1 amide bonds. The Morgan fingerprint density at radius 2 is 2.14 bits per heavy atom. The summed E-state index contributed by atoms with van der Waals surface area (Å²) < 4.78 is 22.1. The van der Waals surface area contributed by atoms with E-state index in [4.69, 9.17) is 30.5 Å². The Balaban J connectivity index is 1.80. The fourth-order valence-corrected chi connectivity index (χ4v) is 3.91. The van der Waals surface area contributed by atoms with Gasteiger partial charge in [-0.3, -0.25) is 4.79 Å². The molecule has 1 saturated carbocycles. The first-order valence-corrected chi connectivity index (χ1v) is 10.6. The summed E-state index contributed by atoms with van der Waals surface area (Å²) in [6.45, 7) is 5.01. The molecule has 7 nitrogen and oxygen atoms in total. The van der Waals surface area contributed by atoms with E-state index in [1.54, 1.807) is 14.2 Å². The molecular weight excluding hydrogens is 396 g/mol. The van der Waals surface area contributed by atoms with Crippen LogP contribution < -0.4 is 14.8 Å². The number of amides is 1. The van der Waals surface area contributed by atoms with Crippen LogP contribution in [-0.2, 0) is 14.3 Å². The lowest BCUT2D eigenvalue weighted by molar-refractivity contribution is -0.148. The lowest BCUT2D eigenvalue weighted by atomic mass is 10.0. The summed E-state index contributed by atoms with van der Waals surface area (Å²) in [5.74, 6) is 1.11. The van der Waals surface area contributed by atoms with Crippen molar-refractivity contribution in [2.75, 3.05) is 47.1 Å². The van der Waals surface area contributed by atoms with Gasteiger partial charge in [0.2, 0.25) is 0 Å². The Labute approximate surface area is 177 Å². The van der Waals surface area contributed by atoms with Gasteiger partial charge in [0.25, 0.3) is 5.91 Å². The summed E-state index contributed by atoms with van der Waals surface area (Å²) in [4.78, 5) is 15.1. The molecule has 2 aliphatic rings. The van der Waals surface area contributed by atoms with Crippen molar-refractivity contribution in [2.45, 2.75) is 44.4 Å². The van der Waals surface area contributed by atoms with E-state index in [1.807, 2.05) is 24.0 Å². The third kappa shape index (κ3) is 5.54. The molecule has 3 rings (SSSR count). The predicted octanol–water partition coefficient (Wildman–Crippen LogP) is 2.80. The Bertz CT molecular complexity index is 692. The molecule has 1 aliphatic carbocycles. The number of hydrogen-bond donors (Lipinski definition) is 1. The first-order chi connectivity index (χ1) is 14.1. The normalized spacial score (nSPS) is 20.2. The zero-order chi connectivity index (χ0) is 20.8. The average molecular weight is 427 g/mol. The van der Waals surface area contributed by atoms with Gasteiger partial charge < -0.3 is 29.2 Å². The van der Waals surface area contributed by atoms with E-state index in [0.29, 0.717) is 42.9 Å². The summed E-state index contributed by atoms with van der Waals surface area (Å²) in [6.07, 6.45) is 2.35. The van der Waals surface area contributed by atoms with Gasteiger partial charge >= 0.3 is 0 Å². The quantitative estimate of drug-likeness (QED) is 0.580. The summed E-state index contributed by atoms with van der Waals surface area (Å²) in [6, 6.07) is 3.88. The topological polar surface area (TPSA) is 69.3 Å². The van der Waals surface area contributed by atoms with Crippen LogP contribution in [0.2, 0.25) is 5.02 Å². The van der Waals surface area contributed by atoms with E-state index in [1.165, 1.54) is 0 Å². The van der Waals surface area contributed by atoms with Crippen LogP contribution in [0.25, 0.3) is 0 Å². The Hall–Kier alpha value is -1.54. The summed E-state index contributed by atoms with van der Waals surface area (Å²) in [5.41, 5.74) is 0.918. The molecule has 2 atom stereocenters. The molecule has 29 heavy (non-hydrogen) atoms. The number of carbonyl (C=O) groups is 1. The fraction of sp³-hybridized carbons (Fsp3) is 0.667. The van der Waals surface area contributed by atoms with E-state index < -0.39 is 6.10 Å². The highest BCUT2D eigenvalue weighted by Crippen LogP contribution is 2.41. The van der Waals surface area contributed by atoms with Gasteiger partial charge in [-0.15, -0.1) is 0 Å².